The number of nitrogens with two attached hydrogens (primary N) is 1. The average Bonchev–Trinajstić information content (AvgIpc) is 2.73. The molecular weight excluding hydrogens is 299 g/mol. The van der Waals surface area contributed by atoms with Crippen molar-refractivity contribution in [3.8, 4) is 0 Å². The molecule has 1 aliphatic heterocycles. The topological polar surface area (TPSA) is 83.6 Å². The highest BCUT2D eigenvalue weighted by Crippen LogP contribution is 2.38. The molecule has 1 aromatic carbocycles. The fourth-order valence-electron chi connectivity index (χ4n) is 2.78. The first-order chi connectivity index (χ1) is 10.9. The first-order valence-corrected chi connectivity index (χ1v) is 7.59. The van der Waals surface area contributed by atoms with Gasteiger partial charge in [-0.15, -0.1) is 0 Å². The van der Waals surface area contributed by atoms with Crippen LogP contribution >= 0.6 is 0 Å². The lowest BCUT2D eigenvalue weighted by molar-refractivity contribution is -0.129. The minimum atomic E-state index is -0.724. The number of ketones is 1. The van der Waals surface area contributed by atoms with Crippen LogP contribution in [0.4, 0.5) is 4.39 Å². The summed E-state index contributed by atoms with van der Waals surface area (Å²) in [4.78, 5) is 26.2. The zero-order valence-electron chi connectivity index (χ0n) is 13.3. The van der Waals surface area contributed by atoms with Crippen molar-refractivity contribution >= 4 is 11.7 Å². The van der Waals surface area contributed by atoms with Crippen molar-refractivity contribution in [1.82, 2.24) is 4.90 Å². The van der Waals surface area contributed by atoms with Gasteiger partial charge in [0.15, 0.2) is 11.5 Å². The van der Waals surface area contributed by atoms with Crippen molar-refractivity contribution in [2.75, 3.05) is 13.1 Å². The van der Waals surface area contributed by atoms with E-state index in [0.717, 1.165) is 0 Å². The molecule has 0 fully saturated rings. The second kappa shape index (κ2) is 6.91. The minimum Gasteiger partial charge on any atom is -0.503 e. The van der Waals surface area contributed by atoms with Crippen molar-refractivity contribution in [1.29, 1.82) is 0 Å². The summed E-state index contributed by atoms with van der Waals surface area (Å²) in [5.41, 5.74) is 6.19. The number of benzene rings is 1. The summed E-state index contributed by atoms with van der Waals surface area (Å²) in [6.07, 6.45) is 0.223. The third-order valence-electron chi connectivity index (χ3n) is 3.75. The first kappa shape index (κ1) is 17.1. The van der Waals surface area contributed by atoms with E-state index in [4.69, 9.17) is 5.73 Å². The molecule has 1 aliphatic rings. The highest BCUT2D eigenvalue weighted by molar-refractivity contribution is 6.09. The summed E-state index contributed by atoms with van der Waals surface area (Å²) in [7, 11) is 0. The molecule has 1 amide bonds. The minimum absolute atomic E-state index is 0.0729. The molecule has 0 bridgehead atoms. The molecule has 1 unspecified atom stereocenters. The van der Waals surface area contributed by atoms with Crippen molar-refractivity contribution < 1.29 is 19.1 Å². The number of rotatable bonds is 6. The molecule has 0 spiro atoms. The standard InChI is InChI=1S/C17H21FN2O3/c1-10(2)9-13(21)14-15(11-3-5-12(18)6-4-11)20(8-7-19)17(23)16(14)22/h3-6,10,15,22H,7-9,19H2,1-2H3. The van der Waals surface area contributed by atoms with Crippen LogP contribution in [0.1, 0.15) is 31.9 Å². The van der Waals surface area contributed by atoms with Crippen LogP contribution in [0.5, 0.6) is 0 Å². The zero-order valence-corrected chi connectivity index (χ0v) is 13.3. The Morgan fingerprint density at radius 1 is 1.35 bits per heavy atom. The molecule has 5 nitrogen and oxygen atoms in total. The van der Waals surface area contributed by atoms with Crippen LogP contribution in [-0.4, -0.2) is 34.8 Å². The van der Waals surface area contributed by atoms with Gasteiger partial charge in [-0.2, -0.15) is 0 Å². The van der Waals surface area contributed by atoms with E-state index in [1.807, 2.05) is 13.8 Å². The van der Waals surface area contributed by atoms with E-state index >= 15 is 0 Å². The smallest absolute Gasteiger partial charge is 0.290 e. The molecule has 2 rings (SSSR count). The molecule has 0 aromatic heterocycles. The van der Waals surface area contributed by atoms with Gasteiger partial charge in [-0.25, -0.2) is 4.39 Å². The lowest BCUT2D eigenvalue weighted by atomic mass is 9.92. The number of aliphatic hydroxyl groups excluding tert-OH is 1. The molecule has 0 radical (unpaired) electrons. The number of nitrogens with zero attached hydrogens (tertiary/aromatic N) is 1. The van der Waals surface area contributed by atoms with Gasteiger partial charge in [0.1, 0.15) is 5.82 Å². The van der Waals surface area contributed by atoms with Crippen LogP contribution < -0.4 is 5.73 Å². The fourth-order valence-corrected chi connectivity index (χ4v) is 2.78. The third kappa shape index (κ3) is 3.42. The summed E-state index contributed by atoms with van der Waals surface area (Å²) < 4.78 is 13.2. The van der Waals surface area contributed by atoms with Crippen LogP contribution in [0.15, 0.2) is 35.6 Å². The van der Waals surface area contributed by atoms with Gasteiger partial charge >= 0.3 is 0 Å². The van der Waals surface area contributed by atoms with Crippen molar-refractivity contribution in [3.05, 3.63) is 47.0 Å². The molecule has 0 saturated carbocycles. The molecule has 0 saturated heterocycles. The number of carbonyl (C=O) groups excluding carboxylic acids is 2. The first-order valence-electron chi connectivity index (χ1n) is 7.59. The maximum atomic E-state index is 13.2. The predicted octanol–water partition coefficient (Wildman–Crippen LogP) is 2.09. The second-order valence-corrected chi connectivity index (χ2v) is 6.02. The Morgan fingerprint density at radius 2 is 1.96 bits per heavy atom. The summed E-state index contributed by atoms with van der Waals surface area (Å²) >= 11 is 0. The van der Waals surface area contributed by atoms with Crippen LogP contribution in [0.2, 0.25) is 0 Å². The van der Waals surface area contributed by atoms with Gasteiger partial charge in [0.2, 0.25) is 0 Å². The van der Waals surface area contributed by atoms with Gasteiger partial charge in [0.05, 0.1) is 11.6 Å². The molecule has 6 heteroatoms. The van der Waals surface area contributed by atoms with Gasteiger partial charge in [-0.3, -0.25) is 9.59 Å². The Labute approximate surface area is 134 Å². The van der Waals surface area contributed by atoms with Gasteiger partial charge in [-0.05, 0) is 23.6 Å². The zero-order chi connectivity index (χ0) is 17.1. The van der Waals surface area contributed by atoms with Crippen LogP contribution in [0, 0.1) is 11.7 Å². The average molecular weight is 320 g/mol. The molecule has 3 N–H and O–H groups in total. The molecule has 124 valence electrons. The molecule has 23 heavy (non-hydrogen) atoms. The molecular formula is C17H21FN2O3. The van der Waals surface area contributed by atoms with Crippen LogP contribution in [0.3, 0.4) is 0 Å². The SMILES string of the molecule is CC(C)CC(=O)C1=C(O)C(=O)N(CCN)C1c1ccc(F)cc1. The van der Waals surface area contributed by atoms with E-state index in [9.17, 15) is 19.1 Å². The Hall–Kier alpha value is -2.21. The monoisotopic (exact) mass is 320 g/mol. The normalized spacial score (nSPS) is 18.2. The number of hydrogen-bond acceptors (Lipinski definition) is 4. The van der Waals surface area contributed by atoms with E-state index in [1.165, 1.54) is 29.2 Å². The Balaban J connectivity index is 2.48. The van der Waals surface area contributed by atoms with Crippen molar-refractivity contribution in [2.45, 2.75) is 26.3 Å². The number of halogens is 1. The molecule has 1 heterocycles. The third-order valence-corrected chi connectivity index (χ3v) is 3.75. The number of amides is 1. The van der Waals surface area contributed by atoms with E-state index in [1.54, 1.807) is 0 Å². The van der Waals surface area contributed by atoms with E-state index in [0.29, 0.717) is 5.56 Å². The lowest BCUT2D eigenvalue weighted by Crippen LogP contribution is -2.35. The number of aliphatic hydroxyl groups is 1. The lowest BCUT2D eigenvalue weighted by Gasteiger charge is -2.26. The Kier molecular flexibility index (Phi) is 5.15. The van der Waals surface area contributed by atoms with E-state index < -0.39 is 23.5 Å². The molecule has 0 aliphatic carbocycles. The maximum absolute atomic E-state index is 13.2. The van der Waals surface area contributed by atoms with Gasteiger partial charge < -0.3 is 15.7 Å². The maximum Gasteiger partial charge on any atom is 0.290 e. The second-order valence-electron chi connectivity index (χ2n) is 6.02. The summed E-state index contributed by atoms with van der Waals surface area (Å²) in [6.45, 7) is 4.17. The van der Waals surface area contributed by atoms with Crippen LogP contribution in [0.25, 0.3) is 0 Å². The number of hydrogen-bond donors (Lipinski definition) is 2. The highest BCUT2D eigenvalue weighted by Gasteiger charge is 2.42. The quantitative estimate of drug-likeness (QED) is 0.841. The van der Waals surface area contributed by atoms with Crippen molar-refractivity contribution in [2.24, 2.45) is 11.7 Å². The summed E-state index contributed by atoms with van der Waals surface area (Å²) in [5, 5.41) is 10.2. The Bertz CT molecular complexity index is 638. The van der Waals surface area contributed by atoms with Crippen molar-refractivity contribution in [3.63, 3.8) is 0 Å². The van der Waals surface area contributed by atoms with Gasteiger partial charge in [0.25, 0.3) is 5.91 Å². The summed E-state index contributed by atoms with van der Waals surface area (Å²) in [6, 6.07) is 4.83. The number of carbonyl (C=O) groups is 2. The predicted molar refractivity (Wildman–Crippen MR) is 84.0 cm³/mol. The van der Waals surface area contributed by atoms with Crippen LogP contribution in [-0.2, 0) is 9.59 Å². The highest BCUT2D eigenvalue weighted by atomic mass is 19.1. The summed E-state index contributed by atoms with van der Waals surface area (Å²) in [5.74, 6) is -1.74. The molecule has 1 atom stereocenters. The molecule has 1 aromatic rings. The fraction of sp³-hybridized carbons (Fsp3) is 0.412. The van der Waals surface area contributed by atoms with E-state index in [-0.39, 0.29) is 36.8 Å². The Morgan fingerprint density at radius 3 is 2.48 bits per heavy atom. The number of Topliss-reactive ketones (excluding diaryl/α,β-unsaturated/α-hetero) is 1. The van der Waals surface area contributed by atoms with E-state index in [2.05, 4.69) is 0 Å². The largest absolute Gasteiger partial charge is 0.503 e. The van der Waals surface area contributed by atoms with Gasteiger partial charge in [-0.1, -0.05) is 26.0 Å². The van der Waals surface area contributed by atoms with Gasteiger partial charge in [0, 0.05) is 19.5 Å².